The maximum Gasteiger partial charge on any atom is 0.0417 e. The number of halogens is 2. The number of nitrogens with zero attached hydrogens (tertiary/aromatic N) is 2. The van der Waals surface area contributed by atoms with Crippen LogP contribution >= 0.6 is 27.5 Å². The van der Waals surface area contributed by atoms with Gasteiger partial charge in [-0.3, -0.25) is 4.90 Å². The quantitative estimate of drug-likeness (QED) is 0.816. The van der Waals surface area contributed by atoms with E-state index in [9.17, 15) is 0 Å². The fourth-order valence-electron chi connectivity index (χ4n) is 2.70. The summed E-state index contributed by atoms with van der Waals surface area (Å²) in [6.45, 7) is 3.38. The molecule has 1 fully saturated rings. The van der Waals surface area contributed by atoms with Crippen LogP contribution in [0.4, 0.5) is 0 Å². The average molecular weight is 346 g/mol. The highest BCUT2D eigenvalue weighted by molar-refractivity contribution is 9.10. The molecule has 2 nitrogen and oxygen atoms in total. The van der Waals surface area contributed by atoms with Crippen LogP contribution in [0.5, 0.6) is 0 Å². The topological polar surface area (TPSA) is 6.48 Å². The molecule has 1 aromatic rings. The molecule has 1 aromatic carbocycles. The molecule has 106 valence electrons. The van der Waals surface area contributed by atoms with Crippen LogP contribution < -0.4 is 0 Å². The molecule has 0 bridgehead atoms. The summed E-state index contributed by atoms with van der Waals surface area (Å²) in [5, 5.41) is 0.791. The lowest BCUT2D eigenvalue weighted by Gasteiger charge is -2.23. The van der Waals surface area contributed by atoms with Crippen molar-refractivity contribution >= 4 is 27.5 Å². The van der Waals surface area contributed by atoms with Crippen LogP contribution in [0.15, 0.2) is 22.7 Å². The highest BCUT2D eigenvalue weighted by Gasteiger charge is 2.18. The summed E-state index contributed by atoms with van der Waals surface area (Å²) in [7, 11) is 4.38. The molecule has 1 heterocycles. The fraction of sp³-hybridized carbons (Fsp3) is 0.600. The van der Waals surface area contributed by atoms with E-state index in [1.807, 2.05) is 12.1 Å². The zero-order valence-electron chi connectivity index (χ0n) is 11.7. The number of benzene rings is 1. The van der Waals surface area contributed by atoms with Crippen LogP contribution in [0.25, 0.3) is 0 Å². The van der Waals surface area contributed by atoms with Crippen molar-refractivity contribution in [1.29, 1.82) is 0 Å². The Balaban J connectivity index is 1.96. The molecule has 0 N–H and O–H groups in total. The van der Waals surface area contributed by atoms with Crippen molar-refractivity contribution in [3.05, 3.63) is 33.3 Å². The largest absolute Gasteiger partial charge is 0.306 e. The Kier molecular flexibility index (Phi) is 5.70. The van der Waals surface area contributed by atoms with E-state index in [-0.39, 0.29) is 0 Å². The molecule has 0 radical (unpaired) electrons. The van der Waals surface area contributed by atoms with Gasteiger partial charge in [0.1, 0.15) is 0 Å². The molecule has 19 heavy (non-hydrogen) atoms. The molecule has 0 amide bonds. The zero-order chi connectivity index (χ0) is 13.8. The SMILES string of the molecule is CN(C)[C@@H]1CCCN(Cc2ccc(Cl)cc2Br)CC1. The maximum absolute atomic E-state index is 5.99. The van der Waals surface area contributed by atoms with Crippen molar-refractivity contribution in [3.63, 3.8) is 0 Å². The third-order valence-electron chi connectivity index (χ3n) is 3.93. The van der Waals surface area contributed by atoms with Gasteiger partial charge in [0.25, 0.3) is 0 Å². The van der Waals surface area contributed by atoms with E-state index in [0.717, 1.165) is 22.1 Å². The van der Waals surface area contributed by atoms with Gasteiger partial charge in [-0.1, -0.05) is 33.6 Å². The van der Waals surface area contributed by atoms with E-state index in [1.165, 1.54) is 37.9 Å². The van der Waals surface area contributed by atoms with Crippen molar-refractivity contribution in [3.8, 4) is 0 Å². The molecule has 1 atom stereocenters. The van der Waals surface area contributed by atoms with Gasteiger partial charge in [-0.15, -0.1) is 0 Å². The Bertz CT molecular complexity index is 423. The Hall–Kier alpha value is -0.0900. The first-order valence-corrected chi connectivity index (χ1v) is 8.06. The van der Waals surface area contributed by atoms with Gasteiger partial charge in [0.15, 0.2) is 0 Å². The Morgan fingerprint density at radius 2 is 2.11 bits per heavy atom. The predicted octanol–water partition coefficient (Wildman–Crippen LogP) is 4.02. The average Bonchev–Trinajstić information content (AvgIpc) is 2.58. The first-order valence-electron chi connectivity index (χ1n) is 6.89. The van der Waals surface area contributed by atoms with Gasteiger partial charge < -0.3 is 4.90 Å². The van der Waals surface area contributed by atoms with Crippen LogP contribution in [0, 0.1) is 0 Å². The van der Waals surface area contributed by atoms with Crippen molar-refractivity contribution in [2.75, 3.05) is 27.2 Å². The molecule has 0 saturated carbocycles. The number of likely N-dealkylation sites (tertiary alicyclic amines) is 1. The van der Waals surface area contributed by atoms with Crippen LogP contribution in [0.2, 0.25) is 5.02 Å². The number of hydrogen-bond acceptors (Lipinski definition) is 2. The van der Waals surface area contributed by atoms with Gasteiger partial charge in [-0.05, 0) is 64.1 Å². The van der Waals surface area contributed by atoms with E-state index in [0.29, 0.717) is 0 Å². The standard InChI is InChI=1S/C15H22BrClN2/c1-18(2)14-4-3-8-19(9-7-14)11-12-5-6-13(17)10-15(12)16/h5-6,10,14H,3-4,7-9,11H2,1-2H3/t14-/m1/s1. The first kappa shape index (κ1) is 15.3. The van der Waals surface area contributed by atoms with Gasteiger partial charge in [0.2, 0.25) is 0 Å². The van der Waals surface area contributed by atoms with Crippen molar-refractivity contribution in [2.45, 2.75) is 31.8 Å². The van der Waals surface area contributed by atoms with Gasteiger partial charge in [0.05, 0.1) is 0 Å². The van der Waals surface area contributed by atoms with Gasteiger partial charge in [0, 0.05) is 22.1 Å². The third-order valence-corrected chi connectivity index (χ3v) is 4.90. The summed E-state index contributed by atoms with van der Waals surface area (Å²) in [5.74, 6) is 0. The van der Waals surface area contributed by atoms with Crippen molar-refractivity contribution < 1.29 is 0 Å². The van der Waals surface area contributed by atoms with Crippen LogP contribution in [0.1, 0.15) is 24.8 Å². The molecule has 0 spiro atoms. The molecule has 1 aliphatic rings. The molecule has 2 rings (SSSR count). The van der Waals surface area contributed by atoms with E-state index in [2.05, 4.69) is 45.9 Å². The molecule has 1 aliphatic heterocycles. The minimum Gasteiger partial charge on any atom is -0.306 e. The summed E-state index contributed by atoms with van der Waals surface area (Å²) in [6, 6.07) is 6.82. The Morgan fingerprint density at radius 3 is 2.79 bits per heavy atom. The molecule has 0 aromatic heterocycles. The van der Waals surface area contributed by atoms with Gasteiger partial charge >= 0.3 is 0 Å². The normalized spacial score (nSPS) is 21.6. The molecular formula is C15H22BrClN2. The fourth-order valence-corrected chi connectivity index (χ4v) is 3.51. The van der Waals surface area contributed by atoms with E-state index < -0.39 is 0 Å². The smallest absolute Gasteiger partial charge is 0.0417 e. The number of rotatable bonds is 3. The molecule has 0 aliphatic carbocycles. The monoisotopic (exact) mass is 344 g/mol. The summed E-state index contributed by atoms with van der Waals surface area (Å²) in [4.78, 5) is 4.92. The molecule has 1 saturated heterocycles. The lowest BCUT2D eigenvalue weighted by Crippen LogP contribution is -2.30. The van der Waals surface area contributed by atoms with Crippen LogP contribution in [-0.2, 0) is 6.54 Å². The lowest BCUT2D eigenvalue weighted by molar-refractivity contribution is 0.245. The van der Waals surface area contributed by atoms with Crippen LogP contribution in [0.3, 0.4) is 0 Å². The highest BCUT2D eigenvalue weighted by Crippen LogP contribution is 2.24. The van der Waals surface area contributed by atoms with E-state index >= 15 is 0 Å². The first-order chi connectivity index (χ1) is 9.06. The highest BCUT2D eigenvalue weighted by atomic mass is 79.9. The molecule has 4 heteroatoms. The second kappa shape index (κ2) is 7.07. The summed E-state index contributed by atoms with van der Waals surface area (Å²) in [6.07, 6.45) is 3.86. The predicted molar refractivity (Wildman–Crippen MR) is 85.8 cm³/mol. The summed E-state index contributed by atoms with van der Waals surface area (Å²) in [5.41, 5.74) is 1.33. The Labute approximate surface area is 129 Å². The lowest BCUT2D eigenvalue weighted by atomic mass is 10.1. The van der Waals surface area contributed by atoms with Crippen LogP contribution in [-0.4, -0.2) is 43.0 Å². The Morgan fingerprint density at radius 1 is 1.32 bits per heavy atom. The molecular weight excluding hydrogens is 324 g/mol. The number of hydrogen-bond donors (Lipinski definition) is 0. The summed E-state index contributed by atoms with van der Waals surface area (Å²) >= 11 is 9.60. The molecule has 0 unspecified atom stereocenters. The van der Waals surface area contributed by atoms with Crippen molar-refractivity contribution in [1.82, 2.24) is 9.80 Å². The summed E-state index contributed by atoms with van der Waals surface area (Å²) < 4.78 is 1.12. The van der Waals surface area contributed by atoms with Gasteiger partial charge in [-0.25, -0.2) is 0 Å². The minimum absolute atomic E-state index is 0.735. The second-order valence-electron chi connectivity index (χ2n) is 5.56. The van der Waals surface area contributed by atoms with Crippen molar-refractivity contribution in [2.24, 2.45) is 0 Å². The van der Waals surface area contributed by atoms with E-state index in [4.69, 9.17) is 11.6 Å². The second-order valence-corrected chi connectivity index (χ2v) is 6.85. The third kappa shape index (κ3) is 4.45. The maximum atomic E-state index is 5.99. The van der Waals surface area contributed by atoms with Gasteiger partial charge in [-0.2, -0.15) is 0 Å². The minimum atomic E-state index is 0.735. The zero-order valence-corrected chi connectivity index (χ0v) is 14.0. The van der Waals surface area contributed by atoms with E-state index in [1.54, 1.807) is 0 Å².